The maximum atomic E-state index is 13.2. The summed E-state index contributed by atoms with van der Waals surface area (Å²) in [5.74, 6) is -0.253. The first-order valence-corrected chi connectivity index (χ1v) is 12.7. The van der Waals surface area contributed by atoms with E-state index in [1.54, 1.807) is 24.3 Å². The Morgan fingerprint density at radius 3 is 2.05 bits per heavy atom. The van der Waals surface area contributed by atoms with E-state index in [4.69, 9.17) is 14.2 Å². The van der Waals surface area contributed by atoms with Gasteiger partial charge in [0, 0.05) is 38.7 Å². The second-order valence-corrected chi connectivity index (χ2v) is 9.27. The molecule has 0 aliphatic carbocycles. The van der Waals surface area contributed by atoms with E-state index in [9.17, 15) is 14.4 Å². The number of aromatic nitrogens is 1. The van der Waals surface area contributed by atoms with Gasteiger partial charge in [-0.05, 0) is 48.5 Å². The Morgan fingerprint density at radius 1 is 0.750 bits per heavy atom. The van der Waals surface area contributed by atoms with Crippen molar-refractivity contribution in [1.29, 1.82) is 0 Å². The molecule has 1 aliphatic heterocycles. The molecule has 1 aromatic heterocycles. The lowest BCUT2D eigenvalue weighted by atomic mass is 10.1. The molecule has 9 nitrogen and oxygen atoms in total. The summed E-state index contributed by atoms with van der Waals surface area (Å²) in [5, 5.41) is 7.78. The number of benzene rings is 4. The van der Waals surface area contributed by atoms with Gasteiger partial charge in [0.1, 0.15) is 19.8 Å². The molecule has 0 saturated heterocycles. The molecule has 0 bridgehead atoms. The topological polar surface area (TPSA) is 108 Å². The van der Waals surface area contributed by atoms with Crippen LogP contribution in [0.4, 0.5) is 11.4 Å². The van der Waals surface area contributed by atoms with Gasteiger partial charge in [-0.2, -0.15) is 0 Å². The number of carbonyl (C=O) groups is 3. The largest absolute Gasteiger partial charge is 0.486 e. The van der Waals surface area contributed by atoms with Gasteiger partial charge in [-0.25, -0.2) is 4.79 Å². The Labute approximate surface area is 229 Å². The fourth-order valence-corrected chi connectivity index (χ4v) is 4.91. The molecule has 0 spiro atoms. The maximum absolute atomic E-state index is 13.2. The smallest absolute Gasteiger partial charge is 0.337 e. The number of fused-ring (bicyclic) bond motifs is 4. The van der Waals surface area contributed by atoms with Gasteiger partial charge in [-0.1, -0.05) is 36.4 Å². The summed E-state index contributed by atoms with van der Waals surface area (Å²) >= 11 is 0. The van der Waals surface area contributed by atoms with Crippen molar-refractivity contribution in [2.75, 3.05) is 31.0 Å². The standard InChI is InChI=1S/C31H25N3O6/c1-38-31(37)20-14-21(17-22(15-20)33-30(36)19-10-11-27-28(16-19)40-13-12-39-27)32-29(35)18-34-25-8-4-2-6-23(25)24-7-3-5-9-26(24)34/h2-11,14-17H,12-13,18H2,1H3,(H,32,35)(H,33,36). The minimum Gasteiger partial charge on any atom is -0.486 e. The first-order valence-electron chi connectivity index (χ1n) is 12.7. The molecule has 2 amide bonds. The van der Waals surface area contributed by atoms with Gasteiger partial charge < -0.3 is 29.4 Å². The number of anilines is 2. The summed E-state index contributed by atoms with van der Waals surface area (Å²) in [5.41, 5.74) is 3.06. The van der Waals surface area contributed by atoms with E-state index in [0.717, 1.165) is 21.8 Å². The lowest BCUT2D eigenvalue weighted by Gasteiger charge is -2.18. The SMILES string of the molecule is COC(=O)c1cc(NC(=O)Cn2c3ccccc3c3ccccc32)cc(NC(=O)c2ccc3c(c2)OCCO3)c1. The predicted molar refractivity (Wildman–Crippen MR) is 151 cm³/mol. The predicted octanol–water partition coefficient (Wildman–Crippen LogP) is 5.24. The Hall–Kier alpha value is -5.31. The highest BCUT2D eigenvalue weighted by molar-refractivity contribution is 6.09. The molecular formula is C31H25N3O6. The van der Waals surface area contributed by atoms with Crippen LogP contribution in [0.1, 0.15) is 20.7 Å². The average Bonchev–Trinajstić information content (AvgIpc) is 3.29. The van der Waals surface area contributed by atoms with Crippen LogP contribution >= 0.6 is 0 Å². The Kier molecular flexibility index (Phi) is 6.53. The van der Waals surface area contributed by atoms with Gasteiger partial charge in [0.15, 0.2) is 11.5 Å². The maximum Gasteiger partial charge on any atom is 0.337 e. The molecule has 4 aromatic carbocycles. The highest BCUT2D eigenvalue weighted by Crippen LogP contribution is 2.32. The molecular weight excluding hydrogens is 510 g/mol. The number of carbonyl (C=O) groups excluding carboxylic acids is 3. The minimum absolute atomic E-state index is 0.0510. The van der Waals surface area contributed by atoms with Crippen molar-refractivity contribution >= 4 is 51.0 Å². The summed E-state index contributed by atoms with van der Waals surface area (Å²) in [7, 11) is 1.27. The summed E-state index contributed by atoms with van der Waals surface area (Å²) in [6.45, 7) is 0.899. The van der Waals surface area contributed by atoms with E-state index in [1.807, 2.05) is 53.1 Å². The number of hydrogen-bond acceptors (Lipinski definition) is 6. The van der Waals surface area contributed by atoms with Crippen LogP contribution in [0, 0.1) is 0 Å². The van der Waals surface area contributed by atoms with Crippen molar-refractivity contribution in [2.24, 2.45) is 0 Å². The third kappa shape index (κ3) is 4.80. The summed E-state index contributed by atoms with van der Waals surface area (Å²) in [4.78, 5) is 38.7. The van der Waals surface area contributed by atoms with E-state index in [-0.39, 0.29) is 18.0 Å². The zero-order valence-electron chi connectivity index (χ0n) is 21.6. The molecule has 9 heteroatoms. The number of para-hydroxylation sites is 2. The lowest BCUT2D eigenvalue weighted by Crippen LogP contribution is -2.20. The summed E-state index contributed by atoms with van der Waals surface area (Å²) < 4.78 is 17.9. The van der Waals surface area contributed by atoms with Gasteiger partial charge in [-0.15, -0.1) is 0 Å². The first-order chi connectivity index (χ1) is 19.5. The number of rotatable bonds is 6. The molecule has 0 unspecified atom stereocenters. The van der Waals surface area contributed by atoms with Crippen molar-refractivity contribution in [2.45, 2.75) is 6.54 Å². The van der Waals surface area contributed by atoms with Crippen LogP contribution in [0.3, 0.4) is 0 Å². The average molecular weight is 536 g/mol. The molecule has 2 heterocycles. The third-order valence-corrected chi connectivity index (χ3v) is 6.68. The van der Waals surface area contributed by atoms with Crippen LogP contribution in [0.2, 0.25) is 0 Å². The number of amides is 2. The van der Waals surface area contributed by atoms with Crippen LogP contribution in [-0.2, 0) is 16.1 Å². The van der Waals surface area contributed by atoms with E-state index >= 15 is 0 Å². The van der Waals surface area contributed by atoms with Gasteiger partial charge >= 0.3 is 5.97 Å². The fraction of sp³-hybridized carbons (Fsp3) is 0.129. The molecule has 0 atom stereocenters. The second-order valence-electron chi connectivity index (χ2n) is 9.27. The zero-order valence-corrected chi connectivity index (χ0v) is 21.6. The Balaban J connectivity index is 1.26. The van der Waals surface area contributed by atoms with E-state index in [1.165, 1.54) is 19.2 Å². The molecule has 0 fully saturated rings. The van der Waals surface area contributed by atoms with Crippen molar-refractivity contribution in [1.82, 2.24) is 4.57 Å². The monoisotopic (exact) mass is 535 g/mol. The van der Waals surface area contributed by atoms with Crippen LogP contribution in [-0.4, -0.2) is 42.7 Å². The highest BCUT2D eigenvalue weighted by atomic mass is 16.6. The molecule has 5 aromatic rings. The minimum atomic E-state index is -0.603. The van der Waals surface area contributed by atoms with Gasteiger partial charge in [0.05, 0.1) is 12.7 Å². The van der Waals surface area contributed by atoms with E-state index < -0.39 is 11.9 Å². The molecule has 0 radical (unpaired) electrons. The van der Waals surface area contributed by atoms with E-state index in [0.29, 0.717) is 41.7 Å². The molecule has 40 heavy (non-hydrogen) atoms. The van der Waals surface area contributed by atoms with Crippen LogP contribution in [0.25, 0.3) is 21.8 Å². The van der Waals surface area contributed by atoms with Crippen molar-refractivity contribution in [3.05, 3.63) is 96.1 Å². The molecule has 6 rings (SSSR count). The molecule has 1 aliphatic rings. The van der Waals surface area contributed by atoms with Crippen LogP contribution in [0.5, 0.6) is 11.5 Å². The molecule has 200 valence electrons. The van der Waals surface area contributed by atoms with Crippen molar-refractivity contribution in [3.8, 4) is 11.5 Å². The highest BCUT2D eigenvalue weighted by Gasteiger charge is 2.18. The zero-order chi connectivity index (χ0) is 27.6. The third-order valence-electron chi connectivity index (χ3n) is 6.68. The number of nitrogens with zero attached hydrogens (tertiary/aromatic N) is 1. The number of nitrogens with one attached hydrogen (secondary N) is 2. The van der Waals surface area contributed by atoms with Crippen LogP contribution < -0.4 is 20.1 Å². The quantitative estimate of drug-likeness (QED) is 0.288. The van der Waals surface area contributed by atoms with Gasteiger partial charge in [0.2, 0.25) is 5.91 Å². The molecule has 2 N–H and O–H groups in total. The fourth-order valence-electron chi connectivity index (χ4n) is 4.91. The lowest BCUT2D eigenvalue weighted by molar-refractivity contribution is -0.116. The Morgan fingerprint density at radius 2 is 1.38 bits per heavy atom. The van der Waals surface area contributed by atoms with E-state index in [2.05, 4.69) is 10.6 Å². The van der Waals surface area contributed by atoms with Crippen molar-refractivity contribution < 1.29 is 28.6 Å². The molecule has 0 saturated carbocycles. The number of hydrogen-bond donors (Lipinski definition) is 2. The first kappa shape index (κ1) is 25.0. The Bertz CT molecular complexity index is 1740. The number of methoxy groups -OCH3 is 1. The second kappa shape index (κ2) is 10.5. The van der Waals surface area contributed by atoms with Gasteiger partial charge in [-0.3, -0.25) is 9.59 Å². The normalized spacial score (nSPS) is 12.2. The number of esters is 1. The van der Waals surface area contributed by atoms with Crippen molar-refractivity contribution in [3.63, 3.8) is 0 Å². The van der Waals surface area contributed by atoms with Crippen LogP contribution in [0.15, 0.2) is 84.9 Å². The van der Waals surface area contributed by atoms with Gasteiger partial charge in [0.25, 0.3) is 5.91 Å². The number of ether oxygens (including phenoxy) is 3. The summed E-state index contributed by atoms with van der Waals surface area (Å²) in [6, 6.07) is 25.3. The summed E-state index contributed by atoms with van der Waals surface area (Å²) in [6.07, 6.45) is 0.